The summed E-state index contributed by atoms with van der Waals surface area (Å²) in [5.74, 6) is -0.132. The van der Waals surface area contributed by atoms with Crippen LogP contribution in [0.25, 0.3) is 5.57 Å². The second-order valence-electron chi connectivity index (χ2n) is 8.82. The third kappa shape index (κ3) is 2.60. The Morgan fingerprint density at radius 1 is 0.964 bits per heavy atom. The summed E-state index contributed by atoms with van der Waals surface area (Å²) in [5.41, 5.74) is 6.48. The maximum Gasteiger partial charge on any atom is 0.123 e. The topological polar surface area (TPSA) is 12.5 Å². The van der Waals surface area contributed by atoms with Crippen molar-refractivity contribution in [2.24, 2.45) is 0 Å². The highest BCUT2D eigenvalue weighted by Gasteiger charge is 2.50. The van der Waals surface area contributed by atoms with Gasteiger partial charge in [0, 0.05) is 5.54 Å². The van der Waals surface area contributed by atoms with Crippen molar-refractivity contribution in [2.75, 3.05) is 20.7 Å². The fraction of sp³-hybridized carbons (Fsp3) is 0.440. The SMILES string of the molecule is CN(C)C1(c2ccccc2)CCC2(CC1)OCCC1=C2Cc2ccc(F)cc21. The Morgan fingerprint density at radius 2 is 1.71 bits per heavy atom. The number of rotatable bonds is 2. The predicted octanol–water partition coefficient (Wildman–Crippen LogP) is 5.33. The molecule has 3 heteroatoms. The number of hydrogen-bond donors (Lipinski definition) is 0. The molecule has 0 atom stereocenters. The highest BCUT2D eigenvalue weighted by molar-refractivity contribution is 5.78. The number of benzene rings is 2. The van der Waals surface area contributed by atoms with Crippen molar-refractivity contribution in [1.29, 1.82) is 0 Å². The van der Waals surface area contributed by atoms with Crippen LogP contribution in [0, 0.1) is 5.82 Å². The molecule has 3 aliphatic rings. The Bertz CT molecular complexity index is 923. The molecule has 5 rings (SSSR count). The summed E-state index contributed by atoms with van der Waals surface area (Å²) in [4.78, 5) is 2.39. The second-order valence-corrected chi connectivity index (χ2v) is 8.82. The van der Waals surface area contributed by atoms with Crippen LogP contribution >= 0.6 is 0 Å². The molecule has 2 aromatic carbocycles. The molecule has 2 aromatic rings. The highest BCUT2D eigenvalue weighted by Crippen LogP contribution is 2.54. The van der Waals surface area contributed by atoms with E-state index in [1.165, 1.54) is 22.3 Å². The van der Waals surface area contributed by atoms with E-state index in [0.717, 1.165) is 50.7 Å². The van der Waals surface area contributed by atoms with Crippen molar-refractivity contribution in [3.05, 3.63) is 76.6 Å². The lowest BCUT2D eigenvalue weighted by atomic mass is 9.66. The molecule has 0 radical (unpaired) electrons. The lowest BCUT2D eigenvalue weighted by Gasteiger charge is -2.51. The number of hydrogen-bond acceptors (Lipinski definition) is 2. The molecular weight excluding hydrogens is 349 g/mol. The Balaban J connectivity index is 1.49. The van der Waals surface area contributed by atoms with Gasteiger partial charge in [-0.15, -0.1) is 0 Å². The van der Waals surface area contributed by atoms with Gasteiger partial charge in [0.25, 0.3) is 0 Å². The van der Waals surface area contributed by atoms with Gasteiger partial charge in [-0.3, -0.25) is 4.90 Å². The van der Waals surface area contributed by atoms with E-state index in [9.17, 15) is 4.39 Å². The molecule has 28 heavy (non-hydrogen) atoms. The maximum atomic E-state index is 13.9. The first-order chi connectivity index (χ1) is 13.5. The molecule has 0 unspecified atom stereocenters. The normalized spacial score (nSPS) is 29.3. The first-order valence-corrected chi connectivity index (χ1v) is 10.4. The molecule has 0 saturated heterocycles. The Labute approximate surface area is 167 Å². The molecule has 146 valence electrons. The zero-order chi connectivity index (χ0) is 19.4. The van der Waals surface area contributed by atoms with Crippen LogP contribution in [0.15, 0.2) is 54.1 Å². The summed E-state index contributed by atoms with van der Waals surface area (Å²) in [6, 6.07) is 16.2. The van der Waals surface area contributed by atoms with Crippen molar-refractivity contribution < 1.29 is 9.13 Å². The smallest absolute Gasteiger partial charge is 0.123 e. The monoisotopic (exact) mass is 377 g/mol. The van der Waals surface area contributed by atoms with Crippen molar-refractivity contribution in [1.82, 2.24) is 4.90 Å². The fourth-order valence-electron chi connectivity index (χ4n) is 5.86. The van der Waals surface area contributed by atoms with Gasteiger partial charge in [-0.1, -0.05) is 36.4 Å². The molecule has 1 spiro atoms. The van der Waals surface area contributed by atoms with E-state index in [1.54, 1.807) is 12.1 Å². The Hall–Kier alpha value is -1.97. The molecule has 0 bridgehead atoms. The molecule has 0 amide bonds. The maximum absolute atomic E-state index is 13.9. The van der Waals surface area contributed by atoms with Gasteiger partial charge >= 0.3 is 0 Å². The van der Waals surface area contributed by atoms with E-state index in [0.29, 0.717) is 0 Å². The predicted molar refractivity (Wildman–Crippen MR) is 111 cm³/mol. The van der Waals surface area contributed by atoms with Crippen LogP contribution in [-0.4, -0.2) is 31.2 Å². The van der Waals surface area contributed by atoms with Crippen molar-refractivity contribution in [3.8, 4) is 0 Å². The minimum atomic E-state index is -0.169. The van der Waals surface area contributed by atoms with E-state index < -0.39 is 0 Å². The number of fused-ring (bicyclic) bond motifs is 3. The summed E-state index contributed by atoms with van der Waals surface area (Å²) >= 11 is 0. The van der Waals surface area contributed by atoms with Crippen LogP contribution in [0.4, 0.5) is 4.39 Å². The molecule has 1 heterocycles. The van der Waals surface area contributed by atoms with E-state index >= 15 is 0 Å². The average Bonchev–Trinajstić information content (AvgIpc) is 3.09. The molecule has 0 N–H and O–H groups in total. The van der Waals surface area contributed by atoms with Crippen LogP contribution in [0.5, 0.6) is 0 Å². The largest absolute Gasteiger partial charge is 0.370 e. The van der Waals surface area contributed by atoms with Crippen LogP contribution < -0.4 is 0 Å². The summed E-state index contributed by atoms with van der Waals surface area (Å²) in [6.07, 6.45) is 6.03. The number of nitrogens with zero attached hydrogens (tertiary/aromatic N) is 1. The van der Waals surface area contributed by atoms with E-state index in [4.69, 9.17) is 4.74 Å². The lowest BCUT2D eigenvalue weighted by molar-refractivity contribution is -0.0782. The Kier molecular flexibility index (Phi) is 4.22. The van der Waals surface area contributed by atoms with Crippen molar-refractivity contribution >= 4 is 5.57 Å². The van der Waals surface area contributed by atoms with E-state index in [-0.39, 0.29) is 17.0 Å². The molecule has 1 fully saturated rings. The summed E-state index contributed by atoms with van der Waals surface area (Å²) in [6.45, 7) is 0.745. The summed E-state index contributed by atoms with van der Waals surface area (Å²) in [5, 5.41) is 0. The van der Waals surface area contributed by atoms with Gasteiger partial charge in [0.1, 0.15) is 5.82 Å². The third-order valence-electron chi connectivity index (χ3n) is 7.46. The number of halogens is 1. The number of ether oxygens (including phenoxy) is 1. The summed E-state index contributed by atoms with van der Waals surface area (Å²) in [7, 11) is 4.40. The summed E-state index contributed by atoms with van der Waals surface area (Å²) < 4.78 is 20.4. The molecule has 1 saturated carbocycles. The van der Waals surface area contributed by atoms with Crippen LogP contribution in [0.2, 0.25) is 0 Å². The first kappa shape index (κ1) is 18.1. The first-order valence-electron chi connectivity index (χ1n) is 10.4. The van der Waals surface area contributed by atoms with Gasteiger partial charge in [0.05, 0.1) is 12.2 Å². The van der Waals surface area contributed by atoms with Crippen molar-refractivity contribution in [3.63, 3.8) is 0 Å². The molecule has 2 aliphatic carbocycles. The van der Waals surface area contributed by atoms with Crippen LogP contribution in [0.3, 0.4) is 0 Å². The fourth-order valence-corrected chi connectivity index (χ4v) is 5.86. The Morgan fingerprint density at radius 3 is 2.43 bits per heavy atom. The third-order valence-corrected chi connectivity index (χ3v) is 7.46. The lowest BCUT2D eigenvalue weighted by Crippen LogP contribution is -2.51. The molecule has 0 aromatic heterocycles. The minimum absolute atomic E-state index is 0.0611. The molecule has 1 aliphatic heterocycles. The van der Waals surface area contributed by atoms with E-state index in [2.05, 4.69) is 49.3 Å². The van der Waals surface area contributed by atoms with Crippen molar-refractivity contribution in [2.45, 2.75) is 49.7 Å². The van der Waals surface area contributed by atoms with Crippen LogP contribution in [-0.2, 0) is 16.7 Å². The van der Waals surface area contributed by atoms with Gasteiger partial charge < -0.3 is 4.74 Å². The highest BCUT2D eigenvalue weighted by atomic mass is 19.1. The van der Waals surface area contributed by atoms with Crippen LogP contribution in [0.1, 0.15) is 48.8 Å². The van der Waals surface area contributed by atoms with Gasteiger partial charge in [-0.25, -0.2) is 4.39 Å². The van der Waals surface area contributed by atoms with E-state index in [1.807, 2.05) is 6.07 Å². The van der Waals surface area contributed by atoms with Gasteiger partial charge in [-0.2, -0.15) is 0 Å². The molecular formula is C25H28FNO. The average molecular weight is 378 g/mol. The quantitative estimate of drug-likeness (QED) is 0.702. The second kappa shape index (κ2) is 6.53. The van der Waals surface area contributed by atoms with Gasteiger partial charge in [0.15, 0.2) is 0 Å². The van der Waals surface area contributed by atoms with Gasteiger partial charge in [-0.05, 0) is 92.6 Å². The minimum Gasteiger partial charge on any atom is -0.370 e. The zero-order valence-corrected chi connectivity index (χ0v) is 16.8. The standard InChI is InChI=1S/C25H28FNO/c1-27(2)24(19-6-4-3-5-7-19)11-13-25(14-12-24)23-16-18-8-9-20(26)17-22(18)21(23)10-15-28-25/h3-9,17H,10-16H2,1-2H3. The van der Waals surface area contributed by atoms with Gasteiger partial charge in [0.2, 0.25) is 0 Å². The zero-order valence-electron chi connectivity index (χ0n) is 16.8. The molecule has 2 nitrogen and oxygen atoms in total.